The summed E-state index contributed by atoms with van der Waals surface area (Å²) in [5.41, 5.74) is 0.442. The number of hydrogen-bond acceptors (Lipinski definition) is 3. The highest BCUT2D eigenvalue weighted by Crippen LogP contribution is 2.08. The number of hydrogen-bond donors (Lipinski definition) is 0. The van der Waals surface area contributed by atoms with E-state index in [2.05, 4.69) is 15.0 Å². The second-order valence-corrected chi connectivity index (χ2v) is 4.13. The predicted octanol–water partition coefficient (Wildman–Crippen LogP) is 1.03. The predicted molar refractivity (Wildman–Crippen MR) is 72.6 cm³/mol. The van der Waals surface area contributed by atoms with Gasteiger partial charge in [-0.2, -0.15) is 4.99 Å². The minimum absolute atomic E-state index is 0.320. The smallest absolute Gasteiger partial charge is 0.279 e. The molecular formula is C12H17N5O. The van der Waals surface area contributed by atoms with Gasteiger partial charge in [-0.3, -0.25) is 4.79 Å². The molecule has 0 aromatic carbocycles. The molecule has 0 radical (unpaired) electrons. The Balaban J connectivity index is 2.74. The normalized spacial score (nSPS) is 11.1. The van der Waals surface area contributed by atoms with Crippen molar-refractivity contribution in [2.75, 3.05) is 28.2 Å². The van der Waals surface area contributed by atoms with E-state index in [1.165, 1.54) is 12.5 Å². The van der Waals surface area contributed by atoms with Crippen molar-refractivity contribution in [3.63, 3.8) is 0 Å². The van der Waals surface area contributed by atoms with E-state index in [-0.39, 0.29) is 5.91 Å². The van der Waals surface area contributed by atoms with E-state index in [4.69, 9.17) is 0 Å². The maximum absolute atomic E-state index is 11.6. The van der Waals surface area contributed by atoms with Crippen LogP contribution in [0.2, 0.25) is 0 Å². The molecule has 0 fully saturated rings. The summed E-state index contributed by atoms with van der Waals surface area (Å²) in [5.74, 6) is 0.233. The molecular weight excluding hydrogens is 230 g/mol. The first-order chi connectivity index (χ1) is 8.49. The van der Waals surface area contributed by atoms with E-state index in [9.17, 15) is 4.79 Å². The fourth-order valence-electron chi connectivity index (χ4n) is 1.01. The minimum atomic E-state index is -0.320. The van der Waals surface area contributed by atoms with Crippen LogP contribution in [0, 0.1) is 0 Å². The first-order valence-corrected chi connectivity index (χ1v) is 5.40. The highest BCUT2D eigenvalue weighted by atomic mass is 16.1. The van der Waals surface area contributed by atoms with Crippen molar-refractivity contribution in [3.8, 4) is 0 Å². The van der Waals surface area contributed by atoms with E-state index in [0.717, 1.165) is 0 Å². The molecule has 0 aliphatic heterocycles. The lowest BCUT2D eigenvalue weighted by Gasteiger charge is -2.02. The van der Waals surface area contributed by atoms with Crippen molar-refractivity contribution in [1.29, 1.82) is 0 Å². The Bertz CT molecular complexity index is 448. The summed E-state index contributed by atoms with van der Waals surface area (Å²) in [6.07, 6.45) is 4.58. The van der Waals surface area contributed by atoms with Crippen LogP contribution in [0.25, 0.3) is 0 Å². The van der Waals surface area contributed by atoms with Crippen LogP contribution >= 0.6 is 0 Å². The van der Waals surface area contributed by atoms with Crippen molar-refractivity contribution >= 4 is 24.4 Å². The molecule has 0 saturated heterocycles. The van der Waals surface area contributed by atoms with Crippen LogP contribution in [0.1, 0.15) is 10.4 Å². The summed E-state index contributed by atoms with van der Waals surface area (Å²) in [6, 6.07) is 3.34. The molecule has 6 heteroatoms. The Morgan fingerprint density at radius 1 is 1.17 bits per heavy atom. The quantitative estimate of drug-likeness (QED) is 0.589. The van der Waals surface area contributed by atoms with Gasteiger partial charge in [0, 0.05) is 34.4 Å². The summed E-state index contributed by atoms with van der Waals surface area (Å²) >= 11 is 0. The van der Waals surface area contributed by atoms with Crippen LogP contribution in [-0.4, -0.2) is 61.6 Å². The third-order valence-corrected chi connectivity index (χ3v) is 1.82. The van der Waals surface area contributed by atoms with Crippen LogP contribution in [0.5, 0.6) is 0 Å². The van der Waals surface area contributed by atoms with Crippen molar-refractivity contribution in [2.45, 2.75) is 0 Å². The molecule has 1 aromatic rings. The maximum Gasteiger partial charge on any atom is 0.279 e. The first kappa shape index (κ1) is 13.8. The second-order valence-electron chi connectivity index (χ2n) is 4.13. The van der Waals surface area contributed by atoms with Crippen LogP contribution in [0.15, 0.2) is 28.3 Å². The number of amides is 1. The van der Waals surface area contributed by atoms with Gasteiger partial charge in [0.1, 0.15) is 0 Å². The van der Waals surface area contributed by atoms with Gasteiger partial charge in [-0.05, 0) is 12.1 Å². The van der Waals surface area contributed by atoms with Crippen LogP contribution in [0.4, 0.5) is 5.82 Å². The molecule has 0 bridgehead atoms. The SMILES string of the molecule is CN(C)/C=N/C(=O)c1ccc(/N=C/N(C)C)nc1. The van der Waals surface area contributed by atoms with Crippen molar-refractivity contribution < 1.29 is 4.79 Å². The first-order valence-electron chi connectivity index (χ1n) is 5.40. The highest BCUT2D eigenvalue weighted by molar-refractivity contribution is 5.98. The summed E-state index contributed by atoms with van der Waals surface area (Å²) in [4.78, 5) is 27.1. The molecule has 0 unspecified atom stereocenters. The second kappa shape index (κ2) is 6.48. The fourth-order valence-corrected chi connectivity index (χ4v) is 1.01. The molecule has 0 N–H and O–H groups in total. The fraction of sp³-hybridized carbons (Fsp3) is 0.333. The van der Waals surface area contributed by atoms with E-state index in [1.807, 2.05) is 19.0 Å². The van der Waals surface area contributed by atoms with Crippen molar-refractivity contribution in [1.82, 2.24) is 14.8 Å². The third-order valence-electron chi connectivity index (χ3n) is 1.82. The number of carbonyl (C=O) groups is 1. The monoisotopic (exact) mass is 247 g/mol. The van der Waals surface area contributed by atoms with E-state index in [0.29, 0.717) is 11.4 Å². The van der Waals surface area contributed by atoms with Gasteiger partial charge in [0.25, 0.3) is 5.91 Å². The van der Waals surface area contributed by atoms with E-state index in [1.54, 1.807) is 37.5 Å². The molecule has 0 aliphatic carbocycles. The summed E-state index contributed by atoms with van der Waals surface area (Å²) in [7, 11) is 7.34. The average molecular weight is 247 g/mol. The Kier molecular flexibility index (Phi) is 4.98. The zero-order valence-electron chi connectivity index (χ0n) is 11.0. The molecule has 1 rings (SSSR count). The van der Waals surface area contributed by atoms with Crippen LogP contribution in [-0.2, 0) is 0 Å². The summed E-state index contributed by atoms with van der Waals surface area (Å²) < 4.78 is 0. The van der Waals surface area contributed by atoms with Crippen LogP contribution in [0.3, 0.4) is 0 Å². The molecule has 18 heavy (non-hydrogen) atoms. The zero-order chi connectivity index (χ0) is 13.5. The largest absolute Gasteiger partial charge is 0.369 e. The highest BCUT2D eigenvalue weighted by Gasteiger charge is 2.03. The standard InChI is InChI=1S/C12H17N5O/c1-16(2)8-14-11-6-5-10(7-13-11)12(18)15-9-17(3)4/h5-9H,1-4H3/b14-8+,15-9+. The molecule has 96 valence electrons. The number of aromatic nitrogens is 1. The Morgan fingerprint density at radius 2 is 1.83 bits per heavy atom. The zero-order valence-corrected chi connectivity index (χ0v) is 11.0. The van der Waals surface area contributed by atoms with Crippen molar-refractivity contribution in [3.05, 3.63) is 23.9 Å². The number of rotatable bonds is 4. The average Bonchev–Trinajstić information content (AvgIpc) is 2.34. The number of carbonyl (C=O) groups excluding carboxylic acids is 1. The molecule has 0 aliphatic rings. The van der Waals surface area contributed by atoms with Gasteiger partial charge < -0.3 is 9.80 Å². The Hall–Kier alpha value is -2.24. The van der Waals surface area contributed by atoms with Gasteiger partial charge in [0.15, 0.2) is 5.82 Å². The van der Waals surface area contributed by atoms with Gasteiger partial charge in [0.2, 0.25) is 0 Å². The van der Waals surface area contributed by atoms with Crippen LogP contribution < -0.4 is 0 Å². The van der Waals surface area contributed by atoms with Gasteiger partial charge in [0.05, 0.1) is 18.2 Å². The third kappa shape index (κ3) is 4.73. The van der Waals surface area contributed by atoms with E-state index < -0.39 is 0 Å². The molecule has 0 saturated carbocycles. The molecule has 0 atom stereocenters. The van der Waals surface area contributed by atoms with Gasteiger partial charge in [-0.15, -0.1) is 0 Å². The molecule has 1 heterocycles. The summed E-state index contributed by atoms with van der Waals surface area (Å²) in [6.45, 7) is 0. The lowest BCUT2D eigenvalue weighted by Crippen LogP contribution is -2.09. The lowest BCUT2D eigenvalue weighted by molar-refractivity contribution is 0.100. The van der Waals surface area contributed by atoms with Crippen molar-refractivity contribution in [2.24, 2.45) is 9.98 Å². The number of pyridine rings is 1. The molecule has 1 amide bonds. The topological polar surface area (TPSA) is 61.2 Å². The Labute approximate surface area is 107 Å². The maximum atomic E-state index is 11.6. The number of aliphatic imine (C=N–C) groups is 2. The lowest BCUT2D eigenvalue weighted by atomic mass is 10.3. The van der Waals surface area contributed by atoms with Gasteiger partial charge >= 0.3 is 0 Å². The number of nitrogens with zero attached hydrogens (tertiary/aromatic N) is 5. The minimum Gasteiger partial charge on any atom is -0.369 e. The van der Waals surface area contributed by atoms with E-state index >= 15 is 0 Å². The Morgan fingerprint density at radius 3 is 2.33 bits per heavy atom. The van der Waals surface area contributed by atoms with Gasteiger partial charge in [-0.1, -0.05) is 0 Å². The summed E-state index contributed by atoms with van der Waals surface area (Å²) in [5, 5.41) is 0. The van der Waals surface area contributed by atoms with Gasteiger partial charge in [-0.25, -0.2) is 9.98 Å². The molecule has 6 nitrogen and oxygen atoms in total. The molecule has 1 aromatic heterocycles. The molecule has 0 spiro atoms.